The van der Waals surface area contributed by atoms with Gasteiger partial charge in [0, 0.05) is 16.9 Å². The summed E-state index contributed by atoms with van der Waals surface area (Å²) >= 11 is 11.8. The topological polar surface area (TPSA) is 38.3 Å². The molecule has 0 aliphatic rings. The van der Waals surface area contributed by atoms with Gasteiger partial charge in [0.2, 0.25) is 0 Å². The van der Waals surface area contributed by atoms with E-state index >= 15 is 0 Å². The average Bonchev–Trinajstić information content (AvgIpc) is 2.37. The van der Waals surface area contributed by atoms with Gasteiger partial charge < -0.3 is 10.1 Å². The number of amides is 1. The molecule has 0 aliphatic carbocycles. The second kappa shape index (κ2) is 7.19. The predicted octanol–water partition coefficient (Wildman–Crippen LogP) is 4.12. The molecule has 1 rings (SSSR count). The van der Waals surface area contributed by atoms with Crippen LogP contribution in [0.15, 0.2) is 18.2 Å². The van der Waals surface area contributed by atoms with E-state index in [2.05, 4.69) is 26.1 Å². The van der Waals surface area contributed by atoms with Crippen molar-refractivity contribution in [2.24, 2.45) is 5.41 Å². The number of carbonyl (C=O) groups excluding carboxylic acids is 1. The highest BCUT2D eigenvalue weighted by molar-refractivity contribution is 6.31. The molecule has 0 bridgehead atoms. The molecule has 0 fully saturated rings. The lowest BCUT2D eigenvalue weighted by Gasteiger charge is -2.31. The van der Waals surface area contributed by atoms with Crippen LogP contribution in [0, 0.1) is 5.41 Å². The molecule has 0 radical (unpaired) electrons. The summed E-state index contributed by atoms with van der Waals surface area (Å²) in [7, 11) is 1.53. The summed E-state index contributed by atoms with van der Waals surface area (Å²) in [6, 6.07) is 4.97. The lowest BCUT2D eigenvalue weighted by atomic mass is 9.85. The van der Waals surface area contributed by atoms with Gasteiger partial charge in [0.05, 0.1) is 12.7 Å². The zero-order chi connectivity index (χ0) is 15.3. The van der Waals surface area contributed by atoms with Crippen molar-refractivity contribution < 1.29 is 9.53 Å². The Morgan fingerprint density at radius 1 is 1.40 bits per heavy atom. The Hall–Kier alpha value is -0.930. The van der Waals surface area contributed by atoms with Crippen molar-refractivity contribution >= 4 is 29.1 Å². The van der Waals surface area contributed by atoms with Crippen LogP contribution in [0.3, 0.4) is 0 Å². The highest BCUT2D eigenvalue weighted by atomic mass is 35.5. The molecule has 1 atom stereocenters. The lowest BCUT2D eigenvalue weighted by molar-refractivity contribution is 0.0897. The van der Waals surface area contributed by atoms with Crippen LogP contribution in [0.2, 0.25) is 5.02 Å². The summed E-state index contributed by atoms with van der Waals surface area (Å²) < 4.78 is 5.20. The van der Waals surface area contributed by atoms with E-state index in [0.29, 0.717) is 28.6 Å². The van der Waals surface area contributed by atoms with Crippen LogP contribution in [-0.2, 0) is 0 Å². The van der Waals surface area contributed by atoms with Crippen molar-refractivity contribution in [1.29, 1.82) is 0 Å². The number of benzene rings is 1. The van der Waals surface area contributed by atoms with Gasteiger partial charge in [-0.3, -0.25) is 4.79 Å². The van der Waals surface area contributed by atoms with E-state index in [1.165, 1.54) is 7.11 Å². The maximum Gasteiger partial charge on any atom is 0.255 e. The summed E-state index contributed by atoms with van der Waals surface area (Å²) in [4.78, 5) is 12.4. The highest BCUT2D eigenvalue weighted by Crippen LogP contribution is 2.26. The molecule has 20 heavy (non-hydrogen) atoms. The molecule has 0 heterocycles. The highest BCUT2D eigenvalue weighted by Gasteiger charge is 2.27. The largest absolute Gasteiger partial charge is 0.496 e. The molecule has 1 unspecified atom stereocenters. The van der Waals surface area contributed by atoms with E-state index in [4.69, 9.17) is 27.9 Å². The molecule has 1 amide bonds. The summed E-state index contributed by atoms with van der Waals surface area (Å²) in [5.41, 5.74) is 0.361. The van der Waals surface area contributed by atoms with Crippen LogP contribution in [-0.4, -0.2) is 24.9 Å². The van der Waals surface area contributed by atoms with Crippen molar-refractivity contribution in [3.8, 4) is 5.75 Å². The van der Waals surface area contributed by atoms with E-state index in [0.717, 1.165) is 0 Å². The van der Waals surface area contributed by atoms with Crippen LogP contribution >= 0.6 is 23.2 Å². The van der Waals surface area contributed by atoms with Crippen molar-refractivity contribution in [1.82, 2.24) is 5.32 Å². The van der Waals surface area contributed by atoms with Gasteiger partial charge in [-0.25, -0.2) is 0 Å². The number of rotatable bonds is 5. The van der Waals surface area contributed by atoms with Gasteiger partial charge in [0.15, 0.2) is 0 Å². The molecule has 0 aliphatic heterocycles. The summed E-state index contributed by atoms with van der Waals surface area (Å²) in [5, 5.41) is 3.51. The third kappa shape index (κ3) is 4.57. The first-order chi connectivity index (χ1) is 9.29. The Labute approximate surface area is 130 Å². The zero-order valence-electron chi connectivity index (χ0n) is 12.3. The third-order valence-electron chi connectivity index (χ3n) is 3.15. The van der Waals surface area contributed by atoms with E-state index in [1.54, 1.807) is 18.2 Å². The maximum atomic E-state index is 12.4. The Kier molecular flexibility index (Phi) is 6.15. The first-order valence-corrected chi connectivity index (χ1v) is 7.41. The molecule has 0 saturated carbocycles. The molecule has 1 aromatic rings. The Bertz CT molecular complexity index is 469. The normalized spacial score (nSPS) is 12.9. The van der Waals surface area contributed by atoms with Gasteiger partial charge in [-0.1, -0.05) is 32.4 Å². The number of alkyl halides is 1. The van der Waals surface area contributed by atoms with Crippen LogP contribution in [0.1, 0.15) is 37.6 Å². The Morgan fingerprint density at radius 2 is 2.05 bits per heavy atom. The molecule has 1 N–H and O–H groups in total. The second-order valence-electron chi connectivity index (χ2n) is 5.71. The minimum atomic E-state index is -0.200. The van der Waals surface area contributed by atoms with Gasteiger partial charge in [0.25, 0.3) is 5.91 Å². The Morgan fingerprint density at radius 3 is 2.55 bits per heavy atom. The molecule has 1 aromatic carbocycles. The van der Waals surface area contributed by atoms with Crippen LogP contribution < -0.4 is 10.1 Å². The van der Waals surface area contributed by atoms with E-state index in [-0.39, 0.29) is 17.4 Å². The third-order valence-corrected chi connectivity index (χ3v) is 3.61. The number of carbonyl (C=O) groups is 1. The second-order valence-corrected chi connectivity index (χ2v) is 6.53. The average molecular weight is 318 g/mol. The predicted molar refractivity (Wildman–Crippen MR) is 84.1 cm³/mol. The van der Waals surface area contributed by atoms with Gasteiger partial charge in [0.1, 0.15) is 5.75 Å². The number of hydrogen-bond donors (Lipinski definition) is 1. The number of hydrogen-bond acceptors (Lipinski definition) is 2. The van der Waals surface area contributed by atoms with Crippen molar-refractivity contribution in [2.75, 3.05) is 13.0 Å². The molecule has 0 aromatic heterocycles. The SMILES string of the molecule is COc1ccc(Cl)cc1C(=O)NC(CCCl)C(C)(C)C. The first kappa shape index (κ1) is 17.1. The smallest absolute Gasteiger partial charge is 0.255 e. The summed E-state index contributed by atoms with van der Waals surface area (Å²) in [6.07, 6.45) is 0.708. The van der Waals surface area contributed by atoms with E-state index in [1.807, 2.05) is 0 Å². The quantitative estimate of drug-likeness (QED) is 0.829. The fraction of sp³-hybridized carbons (Fsp3) is 0.533. The maximum absolute atomic E-state index is 12.4. The van der Waals surface area contributed by atoms with Crippen LogP contribution in [0.5, 0.6) is 5.75 Å². The molecule has 0 saturated heterocycles. The minimum Gasteiger partial charge on any atom is -0.496 e. The monoisotopic (exact) mass is 317 g/mol. The van der Waals surface area contributed by atoms with Crippen molar-refractivity contribution in [3.63, 3.8) is 0 Å². The number of methoxy groups -OCH3 is 1. The van der Waals surface area contributed by atoms with Crippen LogP contribution in [0.25, 0.3) is 0 Å². The molecule has 112 valence electrons. The van der Waals surface area contributed by atoms with Crippen molar-refractivity contribution in [3.05, 3.63) is 28.8 Å². The molecular weight excluding hydrogens is 297 g/mol. The fourth-order valence-corrected chi connectivity index (χ4v) is 2.31. The Balaban J connectivity index is 2.97. The lowest BCUT2D eigenvalue weighted by Crippen LogP contribution is -2.44. The summed E-state index contributed by atoms with van der Waals surface area (Å²) in [5.74, 6) is 0.800. The number of halogens is 2. The zero-order valence-corrected chi connectivity index (χ0v) is 13.8. The van der Waals surface area contributed by atoms with Gasteiger partial charge >= 0.3 is 0 Å². The molecule has 5 heteroatoms. The van der Waals surface area contributed by atoms with Crippen LogP contribution in [0.4, 0.5) is 0 Å². The summed E-state index contributed by atoms with van der Waals surface area (Å²) in [6.45, 7) is 6.21. The number of nitrogens with one attached hydrogen (secondary N) is 1. The molecule has 3 nitrogen and oxygen atoms in total. The first-order valence-electron chi connectivity index (χ1n) is 6.50. The molecular formula is C15H21Cl2NO2. The van der Waals surface area contributed by atoms with Gasteiger partial charge in [-0.15, -0.1) is 11.6 Å². The number of ether oxygens (including phenoxy) is 1. The van der Waals surface area contributed by atoms with E-state index in [9.17, 15) is 4.79 Å². The van der Waals surface area contributed by atoms with Crippen molar-refractivity contribution in [2.45, 2.75) is 33.2 Å². The fourth-order valence-electron chi connectivity index (χ4n) is 1.92. The van der Waals surface area contributed by atoms with E-state index < -0.39 is 0 Å². The molecule has 0 spiro atoms. The van der Waals surface area contributed by atoms with Gasteiger partial charge in [-0.05, 0) is 30.0 Å². The minimum absolute atomic E-state index is 0.0174. The van der Waals surface area contributed by atoms with Gasteiger partial charge in [-0.2, -0.15) is 0 Å². The standard InChI is InChI=1S/C15H21Cl2NO2/c1-15(2,3)13(7-8-16)18-14(19)11-9-10(17)5-6-12(11)20-4/h5-6,9,13H,7-8H2,1-4H3,(H,18,19).